The molecule has 2 aliphatic rings. The lowest BCUT2D eigenvalue weighted by Gasteiger charge is -2.36. The second-order valence-electron chi connectivity index (χ2n) is 7.14. The zero-order chi connectivity index (χ0) is 18.0. The SMILES string of the molecule is CN(C)c1ncc(CN2CCC(N3CC(C(N)=O)CC3=O)CC2)cn1. The second kappa shape index (κ2) is 7.35. The largest absolute Gasteiger partial charge is 0.369 e. The Kier molecular flexibility index (Phi) is 5.17. The molecule has 1 aromatic rings. The highest BCUT2D eigenvalue weighted by molar-refractivity contribution is 5.88. The monoisotopic (exact) mass is 346 g/mol. The van der Waals surface area contributed by atoms with E-state index in [1.807, 2.05) is 36.3 Å². The summed E-state index contributed by atoms with van der Waals surface area (Å²) in [5.41, 5.74) is 6.44. The number of hydrogen-bond acceptors (Lipinski definition) is 6. The van der Waals surface area contributed by atoms with Crippen LogP contribution in [0.2, 0.25) is 0 Å². The minimum atomic E-state index is -0.366. The van der Waals surface area contributed by atoms with Gasteiger partial charge < -0.3 is 15.5 Å². The molecular formula is C17H26N6O2. The summed E-state index contributed by atoms with van der Waals surface area (Å²) in [5, 5.41) is 0. The average Bonchev–Trinajstić information content (AvgIpc) is 2.98. The van der Waals surface area contributed by atoms with Crippen LogP contribution in [-0.4, -0.2) is 71.4 Å². The van der Waals surface area contributed by atoms with Gasteiger partial charge >= 0.3 is 0 Å². The standard InChI is InChI=1S/C17H26N6O2/c1-21(2)17-19-8-12(9-20-17)10-22-5-3-14(4-6-22)23-11-13(16(18)25)7-15(23)24/h8-9,13-14H,3-7,10-11H2,1-2H3,(H2,18,25). The van der Waals surface area contributed by atoms with Crippen LogP contribution in [0, 0.1) is 5.92 Å². The molecule has 2 amide bonds. The van der Waals surface area contributed by atoms with Crippen molar-refractivity contribution >= 4 is 17.8 Å². The lowest BCUT2D eigenvalue weighted by Crippen LogP contribution is -2.45. The lowest BCUT2D eigenvalue weighted by atomic mass is 10.0. The van der Waals surface area contributed by atoms with Gasteiger partial charge in [-0.15, -0.1) is 0 Å². The molecule has 1 unspecified atom stereocenters. The van der Waals surface area contributed by atoms with Gasteiger partial charge in [-0.1, -0.05) is 0 Å². The minimum Gasteiger partial charge on any atom is -0.369 e. The minimum absolute atomic E-state index is 0.0647. The van der Waals surface area contributed by atoms with E-state index in [1.165, 1.54) is 0 Å². The summed E-state index contributed by atoms with van der Waals surface area (Å²) in [4.78, 5) is 38.2. The number of likely N-dealkylation sites (tertiary alicyclic amines) is 2. The highest BCUT2D eigenvalue weighted by Crippen LogP contribution is 2.26. The third kappa shape index (κ3) is 4.07. The molecule has 3 rings (SSSR count). The van der Waals surface area contributed by atoms with Crippen LogP contribution in [0.25, 0.3) is 0 Å². The predicted molar refractivity (Wildman–Crippen MR) is 93.7 cm³/mol. The number of carbonyl (C=O) groups excluding carboxylic acids is 2. The van der Waals surface area contributed by atoms with E-state index in [0.29, 0.717) is 12.5 Å². The summed E-state index contributed by atoms with van der Waals surface area (Å²) >= 11 is 0. The third-order valence-corrected chi connectivity index (χ3v) is 5.06. The van der Waals surface area contributed by atoms with Crippen LogP contribution < -0.4 is 10.6 Å². The van der Waals surface area contributed by atoms with E-state index in [9.17, 15) is 9.59 Å². The maximum Gasteiger partial charge on any atom is 0.224 e. The van der Waals surface area contributed by atoms with Gasteiger partial charge in [0.25, 0.3) is 0 Å². The van der Waals surface area contributed by atoms with Crippen molar-refractivity contribution in [2.75, 3.05) is 38.6 Å². The quantitative estimate of drug-likeness (QED) is 0.796. The fourth-order valence-corrected chi connectivity index (χ4v) is 3.58. The van der Waals surface area contributed by atoms with E-state index >= 15 is 0 Å². The topological polar surface area (TPSA) is 95.7 Å². The molecule has 2 N–H and O–H groups in total. The number of nitrogens with zero attached hydrogens (tertiary/aromatic N) is 5. The third-order valence-electron chi connectivity index (χ3n) is 5.06. The number of nitrogens with two attached hydrogens (primary N) is 1. The molecule has 136 valence electrons. The maximum absolute atomic E-state index is 12.1. The van der Waals surface area contributed by atoms with Crippen LogP contribution in [0.15, 0.2) is 12.4 Å². The summed E-state index contributed by atoms with van der Waals surface area (Å²) in [6.07, 6.45) is 5.86. The van der Waals surface area contributed by atoms with E-state index in [-0.39, 0.29) is 30.2 Å². The molecule has 0 bridgehead atoms. The molecule has 2 saturated heterocycles. The number of rotatable bonds is 5. The van der Waals surface area contributed by atoms with Gasteiger partial charge in [0.2, 0.25) is 17.8 Å². The molecule has 3 heterocycles. The Hall–Kier alpha value is -2.22. The van der Waals surface area contributed by atoms with Crippen LogP contribution in [0.5, 0.6) is 0 Å². The van der Waals surface area contributed by atoms with Crippen LogP contribution in [0.4, 0.5) is 5.95 Å². The molecule has 8 nitrogen and oxygen atoms in total. The average molecular weight is 346 g/mol. The fraction of sp³-hybridized carbons (Fsp3) is 0.647. The van der Waals surface area contributed by atoms with Crippen molar-refractivity contribution in [3.05, 3.63) is 18.0 Å². The molecule has 1 aromatic heterocycles. The highest BCUT2D eigenvalue weighted by Gasteiger charge is 2.37. The molecule has 1 atom stereocenters. The molecular weight excluding hydrogens is 320 g/mol. The van der Waals surface area contributed by atoms with Crippen LogP contribution in [-0.2, 0) is 16.1 Å². The first-order valence-electron chi connectivity index (χ1n) is 8.73. The van der Waals surface area contributed by atoms with E-state index < -0.39 is 0 Å². The number of hydrogen-bond donors (Lipinski definition) is 1. The Balaban J connectivity index is 1.50. The van der Waals surface area contributed by atoms with Crippen molar-refractivity contribution in [1.29, 1.82) is 0 Å². The second-order valence-corrected chi connectivity index (χ2v) is 7.14. The maximum atomic E-state index is 12.1. The Bertz CT molecular complexity index is 625. The van der Waals surface area contributed by atoms with Crippen molar-refractivity contribution in [2.45, 2.75) is 31.8 Å². The fourth-order valence-electron chi connectivity index (χ4n) is 3.58. The molecule has 8 heteroatoms. The molecule has 0 aromatic carbocycles. The van der Waals surface area contributed by atoms with Crippen molar-refractivity contribution in [3.8, 4) is 0 Å². The molecule has 0 saturated carbocycles. The Morgan fingerprint density at radius 1 is 1.28 bits per heavy atom. The van der Waals surface area contributed by atoms with Gasteiger partial charge in [0, 0.05) is 70.7 Å². The zero-order valence-corrected chi connectivity index (χ0v) is 14.9. The van der Waals surface area contributed by atoms with Crippen molar-refractivity contribution in [2.24, 2.45) is 11.7 Å². The lowest BCUT2D eigenvalue weighted by molar-refractivity contribution is -0.130. The first kappa shape index (κ1) is 17.6. The van der Waals surface area contributed by atoms with Gasteiger partial charge in [-0.3, -0.25) is 14.5 Å². The van der Waals surface area contributed by atoms with Crippen molar-refractivity contribution in [1.82, 2.24) is 19.8 Å². The molecule has 0 radical (unpaired) electrons. The number of primary amides is 1. The number of anilines is 1. The summed E-state index contributed by atoms with van der Waals surface area (Å²) < 4.78 is 0. The molecule has 2 fully saturated rings. The van der Waals surface area contributed by atoms with E-state index in [0.717, 1.165) is 38.0 Å². The van der Waals surface area contributed by atoms with Gasteiger partial charge in [-0.2, -0.15) is 0 Å². The summed E-state index contributed by atoms with van der Waals surface area (Å²) in [5.74, 6) is 0.0845. The smallest absolute Gasteiger partial charge is 0.224 e. The first-order valence-corrected chi connectivity index (χ1v) is 8.73. The van der Waals surface area contributed by atoms with Crippen LogP contribution in [0.3, 0.4) is 0 Å². The number of aromatic nitrogens is 2. The summed E-state index contributed by atoms with van der Waals surface area (Å²) in [6.45, 7) is 3.15. The Morgan fingerprint density at radius 3 is 2.44 bits per heavy atom. The Labute approximate surface area is 148 Å². The van der Waals surface area contributed by atoms with Gasteiger partial charge in [-0.05, 0) is 12.8 Å². The molecule has 2 aliphatic heterocycles. The predicted octanol–water partition coefficient (Wildman–Crippen LogP) is -0.159. The van der Waals surface area contributed by atoms with Gasteiger partial charge in [0.05, 0.1) is 5.92 Å². The van der Waals surface area contributed by atoms with Crippen LogP contribution >= 0.6 is 0 Å². The number of piperidine rings is 1. The first-order chi connectivity index (χ1) is 11.9. The van der Waals surface area contributed by atoms with Crippen molar-refractivity contribution < 1.29 is 9.59 Å². The summed E-state index contributed by atoms with van der Waals surface area (Å²) in [6, 6.07) is 0.223. The van der Waals surface area contributed by atoms with Gasteiger partial charge in [0.15, 0.2) is 0 Å². The number of amides is 2. The van der Waals surface area contributed by atoms with Gasteiger partial charge in [-0.25, -0.2) is 9.97 Å². The van der Waals surface area contributed by atoms with Gasteiger partial charge in [0.1, 0.15) is 0 Å². The molecule has 0 spiro atoms. The molecule has 25 heavy (non-hydrogen) atoms. The highest BCUT2D eigenvalue weighted by atomic mass is 16.2. The normalized spacial score (nSPS) is 22.4. The van der Waals surface area contributed by atoms with E-state index in [1.54, 1.807) is 0 Å². The molecule has 0 aliphatic carbocycles. The zero-order valence-electron chi connectivity index (χ0n) is 14.9. The number of carbonyl (C=O) groups is 2. The van der Waals surface area contributed by atoms with Crippen molar-refractivity contribution in [3.63, 3.8) is 0 Å². The van der Waals surface area contributed by atoms with E-state index in [2.05, 4.69) is 14.9 Å². The Morgan fingerprint density at radius 2 is 1.92 bits per heavy atom. The van der Waals surface area contributed by atoms with E-state index in [4.69, 9.17) is 5.73 Å². The van der Waals surface area contributed by atoms with Crippen LogP contribution in [0.1, 0.15) is 24.8 Å². The summed E-state index contributed by atoms with van der Waals surface area (Å²) in [7, 11) is 3.84.